The molecule has 0 bridgehead atoms. The van der Waals surface area contributed by atoms with Gasteiger partial charge >= 0.3 is 40.5 Å². The Morgan fingerprint density at radius 1 is 1.00 bits per heavy atom. The van der Waals surface area contributed by atoms with Crippen LogP contribution < -0.4 is 0 Å². The van der Waals surface area contributed by atoms with Crippen LogP contribution in [0.5, 0.6) is 0 Å². The summed E-state index contributed by atoms with van der Waals surface area (Å²) >= 11 is 6.25. The quantitative estimate of drug-likeness (QED) is 0.633. The van der Waals surface area contributed by atoms with Gasteiger partial charge in [0.15, 0.2) is 11.6 Å². The van der Waals surface area contributed by atoms with Crippen LogP contribution in [-0.4, -0.2) is 0 Å². The van der Waals surface area contributed by atoms with E-state index in [-0.39, 0.29) is 13.2 Å². The SMILES string of the molecule is Fc1ccccc1F.[Br][Zn][Br]. The molecule has 0 fully saturated rings. The molecule has 0 atom stereocenters. The zero-order chi connectivity index (χ0) is 8.69. The fraction of sp³-hybridized carbons (Fsp3) is 0. The Hall–Kier alpha value is 0.663. The van der Waals surface area contributed by atoms with Crippen LogP contribution in [0.15, 0.2) is 24.3 Å². The number of hydrogen-bond acceptors (Lipinski definition) is 0. The second-order valence-electron chi connectivity index (χ2n) is 1.52. The van der Waals surface area contributed by atoms with Gasteiger partial charge < -0.3 is 0 Å². The van der Waals surface area contributed by atoms with Gasteiger partial charge in [0.2, 0.25) is 0 Å². The van der Waals surface area contributed by atoms with Crippen LogP contribution in [-0.2, 0) is 13.2 Å². The van der Waals surface area contributed by atoms with Crippen molar-refractivity contribution >= 4 is 27.2 Å². The summed E-state index contributed by atoms with van der Waals surface area (Å²) in [6.07, 6.45) is 0. The second-order valence-corrected chi connectivity index (χ2v) is 15.6. The van der Waals surface area contributed by atoms with Gasteiger partial charge in [0, 0.05) is 0 Å². The Balaban J connectivity index is 0.000000292. The average Bonchev–Trinajstić information content (AvgIpc) is 1.97. The summed E-state index contributed by atoms with van der Waals surface area (Å²) in [5.41, 5.74) is 0. The monoisotopic (exact) mass is 336 g/mol. The van der Waals surface area contributed by atoms with Gasteiger partial charge in [0.25, 0.3) is 0 Å². The molecule has 0 saturated carbocycles. The third-order valence-corrected chi connectivity index (χ3v) is 0.824. The van der Waals surface area contributed by atoms with Gasteiger partial charge in [0.05, 0.1) is 0 Å². The van der Waals surface area contributed by atoms with E-state index in [1.807, 2.05) is 0 Å². The van der Waals surface area contributed by atoms with Crippen molar-refractivity contribution in [1.29, 1.82) is 0 Å². The van der Waals surface area contributed by atoms with E-state index in [4.69, 9.17) is 0 Å². The molecule has 0 aliphatic carbocycles. The molecule has 5 heteroatoms. The van der Waals surface area contributed by atoms with Crippen molar-refractivity contribution in [2.75, 3.05) is 0 Å². The standard InChI is InChI=1S/C6H4F2.2BrH.Zn/c7-5-3-1-2-4-6(5)8;;;/h1-4H;2*1H;/q;;;+2/p-2. The van der Waals surface area contributed by atoms with Crippen molar-refractivity contribution in [3.63, 3.8) is 0 Å². The molecule has 0 N–H and O–H groups in total. The van der Waals surface area contributed by atoms with Crippen LogP contribution in [0.25, 0.3) is 0 Å². The number of halogens is 4. The summed E-state index contributed by atoms with van der Waals surface area (Å²) in [6, 6.07) is 5.04. The van der Waals surface area contributed by atoms with Crippen molar-refractivity contribution in [1.82, 2.24) is 0 Å². The fourth-order valence-electron chi connectivity index (χ4n) is 0.439. The van der Waals surface area contributed by atoms with Crippen LogP contribution in [0, 0.1) is 11.6 Å². The van der Waals surface area contributed by atoms with E-state index in [1.54, 1.807) is 0 Å². The van der Waals surface area contributed by atoms with Crippen molar-refractivity contribution in [3.8, 4) is 0 Å². The Labute approximate surface area is 84.7 Å². The molecule has 11 heavy (non-hydrogen) atoms. The molecule has 0 unspecified atom stereocenters. The Bertz CT molecular complexity index is 187. The van der Waals surface area contributed by atoms with Crippen molar-refractivity contribution < 1.29 is 22.0 Å². The first-order chi connectivity index (χ1) is 5.22. The number of hydrogen-bond donors (Lipinski definition) is 0. The molecule has 58 valence electrons. The van der Waals surface area contributed by atoms with E-state index < -0.39 is 11.6 Å². The summed E-state index contributed by atoms with van der Waals surface area (Å²) in [5.74, 6) is -1.60. The van der Waals surface area contributed by atoms with Crippen LogP contribution in [0.2, 0.25) is 0 Å². The first kappa shape index (κ1) is 11.7. The summed E-state index contributed by atoms with van der Waals surface area (Å²) in [7, 11) is 0. The van der Waals surface area contributed by atoms with Gasteiger partial charge in [-0.15, -0.1) is 0 Å². The molecule has 0 aliphatic heterocycles. The van der Waals surface area contributed by atoms with Gasteiger partial charge in [-0.2, -0.15) is 0 Å². The van der Waals surface area contributed by atoms with Gasteiger partial charge in [-0.3, -0.25) is 0 Å². The molecule has 0 heterocycles. The maximum absolute atomic E-state index is 11.9. The van der Waals surface area contributed by atoms with E-state index in [2.05, 4.69) is 27.2 Å². The molecule has 0 saturated heterocycles. The summed E-state index contributed by atoms with van der Waals surface area (Å²) in [6.45, 7) is 0. The Kier molecular flexibility index (Phi) is 7.76. The molecular formula is C6H4Br2F2Zn. The molecule has 1 rings (SSSR count). The zero-order valence-electron chi connectivity index (χ0n) is 5.53. The third-order valence-electron chi connectivity index (χ3n) is 0.824. The predicted octanol–water partition coefficient (Wildman–Crippen LogP) is 3.65. The van der Waals surface area contributed by atoms with Crippen molar-refractivity contribution in [2.24, 2.45) is 0 Å². The van der Waals surface area contributed by atoms with E-state index >= 15 is 0 Å². The molecule has 1 aromatic carbocycles. The molecule has 0 nitrogen and oxygen atoms in total. The molecule has 0 radical (unpaired) electrons. The Morgan fingerprint density at radius 2 is 1.27 bits per heavy atom. The normalized spacial score (nSPS) is 7.64. The van der Waals surface area contributed by atoms with E-state index in [1.165, 1.54) is 12.1 Å². The minimum atomic E-state index is -0.799. The van der Waals surface area contributed by atoms with Crippen molar-refractivity contribution in [2.45, 2.75) is 0 Å². The van der Waals surface area contributed by atoms with Gasteiger partial charge in [0.1, 0.15) is 0 Å². The van der Waals surface area contributed by atoms with E-state index in [0.29, 0.717) is 0 Å². The third kappa shape index (κ3) is 5.88. The Morgan fingerprint density at radius 3 is 1.45 bits per heavy atom. The van der Waals surface area contributed by atoms with Crippen LogP contribution in [0.1, 0.15) is 0 Å². The maximum atomic E-state index is 11.9. The summed E-state index contributed by atoms with van der Waals surface area (Å²) < 4.78 is 23.9. The minimum absolute atomic E-state index is 0.250. The molecule has 0 spiro atoms. The zero-order valence-corrected chi connectivity index (χ0v) is 11.7. The van der Waals surface area contributed by atoms with Gasteiger partial charge in [-0.05, 0) is 12.1 Å². The summed E-state index contributed by atoms with van der Waals surface area (Å²) in [5, 5.41) is 0. The fourth-order valence-corrected chi connectivity index (χ4v) is 0.439. The van der Waals surface area contributed by atoms with Crippen LogP contribution in [0.4, 0.5) is 8.78 Å². The number of rotatable bonds is 0. The second kappa shape index (κ2) is 7.32. The summed E-state index contributed by atoms with van der Waals surface area (Å²) in [4.78, 5) is 0. The molecule has 1 aromatic rings. The van der Waals surface area contributed by atoms with Crippen LogP contribution in [0.3, 0.4) is 0 Å². The average molecular weight is 339 g/mol. The molecule has 0 aliphatic rings. The van der Waals surface area contributed by atoms with Crippen molar-refractivity contribution in [3.05, 3.63) is 35.9 Å². The predicted molar refractivity (Wildman–Crippen MR) is 44.2 cm³/mol. The topological polar surface area (TPSA) is 0 Å². The molecule has 0 amide bonds. The molecular weight excluding hydrogens is 335 g/mol. The van der Waals surface area contributed by atoms with Gasteiger partial charge in [-0.25, -0.2) is 8.78 Å². The van der Waals surface area contributed by atoms with E-state index in [0.717, 1.165) is 12.1 Å². The molecule has 0 aromatic heterocycles. The first-order valence-electron chi connectivity index (χ1n) is 2.74. The first-order valence-corrected chi connectivity index (χ1v) is 16.6. The van der Waals surface area contributed by atoms with E-state index in [9.17, 15) is 8.78 Å². The van der Waals surface area contributed by atoms with Gasteiger partial charge in [-0.1, -0.05) is 12.1 Å². The van der Waals surface area contributed by atoms with Crippen LogP contribution >= 0.6 is 27.2 Å². The number of benzene rings is 1.